The Labute approximate surface area is 196 Å². The average molecular weight is 469 g/mol. The minimum absolute atomic E-state index is 0.133. The molecule has 1 aliphatic heterocycles. The van der Waals surface area contributed by atoms with E-state index in [-0.39, 0.29) is 25.1 Å². The van der Waals surface area contributed by atoms with Crippen LogP contribution in [0.2, 0.25) is 5.02 Å². The van der Waals surface area contributed by atoms with Gasteiger partial charge in [0.05, 0.1) is 32.0 Å². The molecule has 1 saturated carbocycles. The van der Waals surface area contributed by atoms with Crippen molar-refractivity contribution in [3.8, 4) is 17.2 Å². The third-order valence-corrected chi connectivity index (χ3v) is 6.62. The van der Waals surface area contributed by atoms with Crippen LogP contribution in [0.15, 0.2) is 42.5 Å². The standard InChI is InChI=1S/C24H25ClN4O4/c1-32-19-3-2-4-20(12-19)33-18-8-5-15(6-9-18)23-27-26-22-14-28(24(30)31)13-16-11-17(25)7-10-21(16)29(22)23/h2-4,7,10-12,15,18H,5-6,8-9,13-14H2,1H3,(H,30,31). The highest BCUT2D eigenvalue weighted by Crippen LogP contribution is 2.37. The minimum Gasteiger partial charge on any atom is -0.497 e. The molecule has 1 N–H and O–H groups in total. The molecule has 1 aromatic heterocycles. The summed E-state index contributed by atoms with van der Waals surface area (Å²) in [6.45, 7) is 0.443. The molecule has 2 heterocycles. The van der Waals surface area contributed by atoms with Gasteiger partial charge in [0.1, 0.15) is 17.3 Å². The molecule has 1 amide bonds. The summed E-state index contributed by atoms with van der Waals surface area (Å²) in [6.07, 6.45) is 2.77. The molecule has 0 bridgehead atoms. The van der Waals surface area contributed by atoms with E-state index in [1.54, 1.807) is 7.11 Å². The van der Waals surface area contributed by atoms with Crippen LogP contribution in [0.4, 0.5) is 4.79 Å². The normalized spacial score (nSPS) is 19.9. The summed E-state index contributed by atoms with van der Waals surface area (Å²) in [6, 6.07) is 13.3. The van der Waals surface area contributed by atoms with Crippen molar-refractivity contribution in [1.82, 2.24) is 19.7 Å². The van der Waals surface area contributed by atoms with Crippen molar-refractivity contribution in [1.29, 1.82) is 0 Å². The van der Waals surface area contributed by atoms with E-state index >= 15 is 0 Å². The Kier molecular flexibility index (Phi) is 5.85. The summed E-state index contributed by atoms with van der Waals surface area (Å²) in [4.78, 5) is 13.1. The maximum atomic E-state index is 11.8. The Morgan fingerprint density at radius 3 is 2.61 bits per heavy atom. The molecule has 8 nitrogen and oxygen atoms in total. The van der Waals surface area contributed by atoms with Crippen LogP contribution in [-0.2, 0) is 13.1 Å². The van der Waals surface area contributed by atoms with E-state index in [2.05, 4.69) is 10.2 Å². The number of amides is 1. The zero-order valence-corrected chi connectivity index (χ0v) is 19.0. The van der Waals surface area contributed by atoms with E-state index < -0.39 is 6.09 Å². The number of aromatic nitrogens is 3. The number of hydrogen-bond donors (Lipinski definition) is 1. The van der Waals surface area contributed by atoms with Gasteiger partial charge in [0.25, 0.3) is 0 Å². The second kappa shape index (κ2) is 8.94. The number of halogens is 1. The van der Waals surface area contributed by atoms with Crippen LogP contribution in [0.3, 0.4) is 0 Å². The Morgan fingerprint density at radius 1 is 1.06 bits per heavy atom. The molecule has 3 aromatic rings. The van der Waals surface area contributed by atoms with Crippen LogP contribution in [0, 0.1) is 0 Å². The molecule has 5 rings (SSSR count). The van der Waals surface area contributed by atoms with Crippen LogP contribution < -0.4 is 9.47 Å². The molecule has 2 aromatic carbocycles. The molecular formula is C24H25ClN4O4. The van der Waals surface area contributed by atoms with Crippen LogP contribution >= 0.6 is 11.6 Å². The van der Waals surface area contributed by atoms with Crippen LogP contribution in [0.5, 0.6) is 11.5 Å². The van der Waals surface area contributed by atoms with E-state index in [4.69, 9.17) is 21.1 Å². The number of carboxylic acid groups (broad SMARTS) is 1. The monoisotopic (exact) mass is 468 g/mol. The second-order valence-electron chi connectivity index (χ2n) is 8.49. The summed E-state index contributed by atoms with van der Waals surface area (Å²) < 4.78 is 13.5. The third-order valence-electron chi connectivity index (χ3n) is 6.38. The lowest BCUT2D eigenvalue weighted by Gasteiger charge is -2.29. The molecule has 1 fully saturated rings. The fraction of sp³-hybridized carbons (Fsp3) is 0.375. The van der Waals surface area contributed by atoms with E-state index in [0.29, 0.717) is 10.8 Å². The molecule has 0 radical (unpaired) electrons. The summed E-state index contributed by atoms with van der Waals surface area (Å²) in [5.74, 6) is 3.32. The largest absolute Gasteiger partial charge is 0.497 e. The first kappa shape index (κ1) is 21.6. The van der Waals surface area contributed by atoms with E-state index in [9.17, 15) is 9.90 Å². The van der Waals surface area contributed by atoms with Crippen molar-refractivity contribution in [3.63, 3.8) is 0 Å². The van der Waals surface area contributed by atoms with Gasteiger partial charge in [-0.15, -0.1) is 10.2 Å². The Balaban J connectivity index is 1.37. The van der Waals surface area contributed by atoms with Gasteiger partial charge in [-0.05, 0) is 61.6 Å². The van der Waals surface area contributed by atoms with Gasteiger partial charge >= 0.3 is 6.09 Å². The first-order chi connectivity index (χ1) is 16.0. The topological polar surface area (TPSA) is 89.7 Å². The number of fused-ring (bicyclic) bond motifs is 3. The lowest BCUT2D eigenvalue weighted by atomic mass is 9.86. The first-order valence-corrected chi connectivity index (χ1v) is 11.4. The van der Waals surface area contributed by atoms with E-state index in [1.165, 1.54) is 4.90 Å². The van der Waals surface area contributed by atoms with Gasteiger partial charge < -0.3 is 14.6 Å². The van der Waals surface area contributed by atoms with E-state index in [1.807, 2.05) is 47.0 Å². The van der Waals surface area contributed by atoms with Gasteiger partial charge in [-0.25, -0.2) is 4.79 Å². The van der Waals surface area contributed by atoms with E-state index in [0.717, 1.165) is 54.3 Å². The fourth-order valence-corrected chi connectivity index (χ4v) is 4.93. The highest BCUT2D eigenvalue weighted by molar-refractivity contribution is 6.30. The Hall–Kier alpha value is -3.26. The summed E-state index contributed by atoms with van der Waals surface area (Å²) >= 11 is 6.22. The number of rotatable bonds is 4. The van der Waals surface area contributed by atoms with Crippen LogP contribution in [0.25, 0.3) is 5.69 Å². The first-order valence-electron chi connectivity index (χ1n) is 11.0. The van der Waals surface area contributed by atoms with Gasteiger partial charge in [-0.3, -0.25) is 9.47 Å². The van der Waals surface area contributed by atoms with Crippen LogP contribution in [0.1, 0.15) is 48.8 Å². The molecule has 33 heavy (non-hydrogen) atoms. The van der Waals surface area contributed by atoms with Gasteiger partial charge in [0, 0.05) is 17.0 Å². The zero-order chi connectivity index (χ0) is 22.9. The number of methoxy groups -OCH3 is 1. The molecular weight excluding hydrogens is 444 g/mol. The number of benzene rings is 2. The molecule has 0 unspecified atom stereocenters. The smallest absolute Gasteiger partial charge is 0.408 e. The second-order valence-corrected chi connectivity index (χ2v) is 8.93. The lowest BCUT2D eigenvalue weighted by Crippen LogP contribution is -2.28. The Morgan fingerprint density at radius 2 is 1.85 bits per heavy atom. The SMILES string of the molecule is COc1cccc(OC2CCC(c3nnc4n3-c3ccc(Cl)cc3CN(C(=O)O)C4)CC2)c1. The highest BCUT2D eigenvalue weighted by atomic mass is 35.5. The number of nitrogens with zero attached hydrogens (tertiary/aromatic N) is 4. The third kappa shape index (κ3) is 4.35. The van der Waals surface area contributed by atoms with Crippen LogP contribution in [-0.4, -0.2) is 44.1 Å². The lowest BCUT2D eigenvalue weighted by molar-refractivity contribution is 0.138. The van der Waals surface area contributed by atoms with Crippen molar-refractivity contribution in [2.45, 2.75) is 50.8 Å². The summed E-state index contributed by atoms with van der Waals surface area (Å²) in [7, 11) is 1.65. The fourth-order valence-electron chi connectivity index (χ4n) is 4.73. The van der Waals surface area contributed by atoms with Crippen molar-refractivity contribution in [2.24, 2.45) is 0 Å². The number of ether oxygens (including phenoxy) is 2. The maximum Gasteiger partial charge on any atom is 0.408 e. The van der Waals surface area contributed by atoms with Gasteiger partial charge in [-0.1, -0.05) is 17.7 Å². The maximum absolute atomic E-state index is 11.8. The number of hydrogen-bond acceptors (Lipinski definition) is 5. The molecule has 9 heteroatoms. The molecule has 1 aliphatic carbocycles. The van der Waals surface area contributed by atoms with Gasteiger partial charge in [0.2, 0.25) is 0 Å². The number of carbonyl (C=O) groups is 1. The van der Waals surface area contributed by atoms with Crippen molar-refractivity contribution in [3.05, 3.63) is 64.7 Å². The highest BCUT2D eigenvalue weighted by Gasteiger charge is 2.32. The Bertz CT molecular complexity index is 1170. The zero-order valence-electron chi connectivity index (χ0n) is 18.3. The van der Waals surface area contributed by atoms with Gasteiger partial charge in [0.15, 0.2) is 5.82 Å². The molecule has 0 saturated heterocycles. The van der Waals surface area contributed by atoms with Gasteiger partial charge in [-0.2, -0.15) is 0 Å². The predicted octanol–water partition coefficient (Wildman–Crippen LogP) is 5.03. The van der Waals surface area contributed by atoms with Crippen molar-refractivity contribution in [2.75, 3.05) is 7.11 Å². The quantitative estimate of drug-likeness (QED) is 0.577. The average Bonchev–Trinajstić information content (AvgIpc) is 3.15. The van der Waals surface area contributed by atoms with Crippen molar-refractivity contribution < 1.29 is 19.4 Å². The molecule has 0 atom stereocenters. The summed E-state index contributed by atoms with van der Waals surface area (Å²) in [5.41, 5.74) is 1.74. The molecule has 0 spiro atoms. The van der Waals surface area contributed by atoms with Crippen molar-refractivity contribution >= 4 is 17.7 Å². The minimum atomic E-state index is -0.992. The predicted molar refractivity (Wildman–Crippen MR) is 122 cm³/mol. The molecule has 172 valence electrons. The molecule has 2 aliphatic rings. The summed E-state index contributed by atoms with van der Waals surface area (Å²) in [5, 5.41) is 19.1.